The van der Waals surface area contributed by atoms with Crippen LogP contribution in [0.25, 0.3) is 33.0 Å². The SMILES string of the molecule is CC(C)(C)c1ccc(C2(c3ccc(C(C)(C)C)cc3)c3cc(N(c4ccccc4)c4ccccc4)ccc3-c3c2cc2c4c(cccc34)C(c3ccc(C(C)(C)C)cc3)(c3ccc(C(C)(C)C)cc3)c3cc(N(c4ccccc4)c4ccccc4)ccc3-2)cc1. The summed E-state index contributed by atoms with van der Waals surface area (Å²) in [6, 6.07) is 107. The first-order valence-corrected chi connectivity index (χ1v) is 32.3. The van der Waals surface area contributed by atoms with E-state index < -0.39 is 10.8 Å². The molecule has 0 saturated heterocycles. The summed E-state index contributed by atoms with van der Waals surface area (Å²) in [5.74, 6) is 0. The number of rotatable bonds is 10. The van der Waals surface area contributed by atoms with Crippen molar-refractivity contribution in [2.24, 2.45) is 0 Å². The van der Waals surface area contributed by atoms with Gasteiger partial charge in [-0.3, -0.25) is 0 Å². The van der Waals surface area contributed by atoms with Gasteiger partial charge in [-0.15, -0.1) is 0 Å². The van der Waals surface area contributed by atoms with E-state index in [1.165, 1.54) is 99.8 Å². The van der Waals surface area contributed by atoms with Gasteiger partial charge in [-0.2, -0.15) is 0 Å². The fourth-order valence-electron chi connectivity index (χ4n) is 15.0. The lowest BCUT2D eigenvalue weighted by Crippen LogP contribution is -2.35. The Balaban J connectivity index is 1.16. The summed E-state index contributed by atoms with van der Waals surface area (Å²) >= 11 is 0. The van der Waals surface area contributed by atoms with E-state index in [4.69, 9.17) is 0 Å². The molecule has 0 spiro atoms. The number of para-hydroxylation sites is 4. The molecule has 0 fully saturated rings. The standard InChI is InChI=1S/C88H82N2/c1-83(2,3)59-36-44-63(45-37-59)87(64-46-38-60(39-47-64)84(4,5)6)77-35-25-34-75-81-74-55-53-72(90(69-30-21-15-22-31-69)70-32-23-16-24-33-70)57-79(74)88(65-48-40-61(41-49-65)85(7,8)9,66-50-42-62(43-51-66)86(10,11)12)80(81)58-76(82(75)77)73-54-52-71(56-78(73)87)89(67-26-17-13-18-27-67)68-28-19-14-20-29-68/h13-58H,1-12H3. The van der Waals surface area contributed by atoms with Gasteiger partial charge in [-0.1, -0.05) is 283 Å². The van der Waals surface area contributed by atoms with Crippen LogP contribution in [-0.2, 0) is 32.5 Å². The maximum atomic E-state index is 2.66. The van der Waals surface area contributed by atoms with Crippen LogP contribution in [0.15, 0.2) is 279 Å². The van der Waals surface area contributed by atoms with E-state index in [0.29, 0.717) is 0 Å². The molecule has 0 radical (unpaired) electrons. The van der Waals surface area contributed by atoms with Gasteiger partial charge >= 0.3 is 0 Å². The van der Waals surface area contributed by atoms with Gasteiger partial charge in [0.05, 0.1) is 10.8 Å². The highest BCUT2D eigenvalue weighted by Gasteiger charge is 2.51. The zero-order valence-corrected chi connectivity index (χ0v) is 54.5. The lowest BCUT2D eigenvalue weighted by Gasteiger charge is -2.44. The highest BCUT2D eigenvalue weighted by Crippen LogP contribution is 2.64. The number of hydrogen-bond acceptors (Lipinski definition) is 2. The highest BCUT2D eigenvalue weighted by atomic mass is 15.1. The predicted molar refractivity (Wildman–Crippen MR) is 383 cm³/mol. The summed E-state index contributed by atoms with van der Waals surface area (Å²) in [6.07, 6.45) is 0. The quantitative estimate of drug-likeness (QED) is 0.135. The van der Waals surface area contributed by atoms with Gasteiger partial charge in [0, 0.05) is 34.1 Å². The van der Waals surface area contributed by atoms with Crippen LogP contribution < -0.4 is 9.80 Å². The Morgan fingerprint density at radius 2 is 0.544 bits per heavy atom. The third-order valence-electron chi connectivity index (χ3n) is 19.7. The topological polar surface area (TPSA) is 6.48 Å². The molecule has 0 unspecified atom stereocenters. The molecular weight excluding hydrogens is 1080 g/mol. The number of nitrogens with zero attached hydrogens (tertiary/aromatic N) is 2. The fraction of sp³-hybridized carbons (Fsp3) is 0.205. The molecular formula is C88H82N2. The summed E-state index contributed by atoms with van der Waals surface area (Å²) in [5.41, 5.74) is 25.1. The largest absolute Gasteiger partial charge is 0.310 e. The monoisotopic (exact) mass is 1170 g/mol. The molecule has 2 heteroatoms. The number of anilines is 6. The first-order chi connectivity index (χ1) is 43.2. The van der Waals surface area contributed by atoms with E-state index in [1.807, 2.05) is 0 Å². The number of benzene rings is 12. The molecule has 0 heterocycles. The van der Waals surface area contributed by atoms with Crippen molar-refractivity contribution in [2.75, 3.05) is 9.80 Å². The molecule has 12 aromatic rings. The Morgan fingerprint density at radius 3 is 0.878 bits per heavy atom. The minimum Gasteiger partial charge on any atom is -0.310 e. The van der Waals surface area contributed by atoms with Gasteiger partial charge in [-0.05, 0) is 200 Å². The first-order valence-electron chi connectivity index (χ1n) is 32.3. The molecule has 0 amide bonds. The minimum absolute atomic E-state index is 0.0458. The Bertz CT molecular complexity index is 4420. The normalized spacial score (nSPS) is 14.0. The predicted octanol–water partition coefficient (Wildman–Crippen LogP) is 23.7. The van der Waals surface area contributed by atoms with E-state index in [9.17, 15) is 0 Å². The first kappa shape index (κ1) is 58.2. The Kier molecular flexibility index (Phi) is 14.0. The number of fused-ring (bicyclic) bond motifs is 6. The number of hydrogen-bond donors (Lipinski definition) is 0. The second kappa shape index (κ2) is 21.6. The molecule has 0 aromatic heterocycles. The van der Waals surface area contributed by atoms with Crippen LogP contribution in [0.5, 0.6) is 0 Å². The zero-order valence-electron chi connectivity index (χ0n) is 54.5. The van der Waals surface area contributed by atoms with Crippen LogP contribution in [-0.4, -0.2) is 0 Å². The molecule has 0 bridgehead atoms. The van der Waals surface area contributed by atoms with Gasteiger partial charge in [0.25, 0.3) is 0 Å². The van der Waals surface area contributed by atoms with E-state index in [-0.39, 0.29) is 21.7 Å². The Hall–Kier alpha value is -9.50. The van der Waals surface area contributed by atoms with Crippen molar-refractivity contribution in [1.29, 1.82) is 0 Å². The molecule has 2 nitrogen and oxygen atoms in total. The second-order valence-corrected chi connectivity index (χ2v) is 29.4. The lowest BCUT2D eigenvalue weighted by atomic mass is 9.58. The van der Waals surface area contributed by atoms with Gasteiger partial charge in [0.15, 0.2) is 0 Å². The third-order valence-corrected chi connectivity index (χ3v) is 19.7. The minimum atomic E-state index is -0.780. The lowest BCUT2D eigenvalue weighted by molar-refractivity contribution is 0.588. The van der Waals surface area contributed by atoms with Gasteiger partial charge in [-0.25, -0.2) is 0 Å². The van der Waals surface area contributed by atoms with Gasteiger partial charge < -0.3 is 9.80 Å². The molecule has 12 aromatic carbocycles. The Labute approximate surface area is 535 Å². The third kappa shape index (κ3) is 9.52. The van der Waals surface area contributed by atoms with Crippen molar-refractivity contribution < 1.29 is 0 Å². The molecule has 14 rings (SSSR count). The molecule has 0 N–H and O–H groups in total. The fourth-order valence-corrected chi connectivity index (χ4v) is 15.0. The second-order valence-electron chi connectivity index (χ2n) is 29.4. The van der Waals surface area contributed by atoms with Crippen LogP contribution in [0, 0.1) is 0 Å². The molecule has 0 atom stereocenters. The summed E-state index contributed by atoms with van der Waals surface area (Å²) in [7, 11) is 0. The smallest absolute Gasteiger partial charge is 0.0714 e. The van der Waals surface area contributed by atoms with Crippen molar-refractivity contribution in [3.8, 4) is 22.3 Å². The van der Waals surface area contributed by atoms with Crippen LogP contribution in [0.4, 0.5) is 34.1 Å². The van der Waals surface area contributed by atoms with E-state index >= 15 is 0 Å². The van der Waals surface area contributed by atoms with E-state index in [1.54, 1.807) is 0 Å². The van der Waals surface area contributed by atoms with Crippen molar-refractivity contribution in [2.45, 2.75) is 116 Å². The van der Waals surface area contributed by atoms with Crippen molar-refractivity contribution in [1.82, 2.24) is 0 Å². The summed E-state index contributed by atoms with van der Waals surface area (Å²) in [4.78, 5) is 4.87. The van der Waals surface area contributed by atoms with Crippen LogP contribution >= 0.6 is 0 Å². The molecule has 0 aliphatic heterocycles. The van der Waals surface area contributed by atoms with Crippen LogP contribution in [0.2, 0.25) is 0 Å². The average molecular weight is 1170 g/mol. The molecule has 0 saturated carbocycles. The van der Waals surface area contributed by atoms with Crippen LogP contribution in [0.3, 0.4) is 0 Å². The molecule has 2 aliphatic rings. The van der Waals surface area contributed by atoms with Gasteiger partial charge in [0.1, 0.15) is 0 Å². The molecule has 90 heavy (non-hydrogen) atoms. The zero-order chi connectivity index (χ0) is 62.5. The maximum absolute atomic E-state index is 2.66. The van der Waals surface area contributed by atoms with E-state index in [2.05, 4.69) is 372 Å². The van der Waals surface area contributed by atoms with E-state index in [0.717, 1.165) is 34.1 Å². The van der Waals surface area contributed by atoms with Crippen LogP contribution in [0.1, 0.15) is 150 Å². The highest BCUT2D eigenvalue weighted by molar-refractivity contribution is 6.14. The summed E-state index contributed by atoms with van der Waals surface area (Å²) in [5, 5.41) is 2.54. The molecule has 2 aliphatic carbocycles. The Morgan fingerprint density at radius 1 is 0.233 bits per heavy atom. The van der Waals surface area contributed by atoms with Crippen molar-refractivity contribution in [3.63, 3.8) is 0 Å². The van der Waals surface area contributed by atoms with Crippen molar-refractivity contribution >= 4 is 44.9 Å². The molecule has 444 valence electrons. The average Bonchev–Trinajstić information content (AvgIpc) is 1.29. The summed E-state index contributed by atoms with van der Waals surface area (Å²) < 4.78 is 0. The van der Waals surface area contributed by atoms with Crippen molar-refractivity contribution in [3.05, 3.63) is 346 Å². The maximum Gasteiger partial charge on any atom is 0.0714 e. The van der Waals surface area contributed by atoms with Gasteiger partial charge in [0.2, 0.25) is 0 Å². The summed E-state index contributed by atoms with van der Waals surface area (Å²) in [6.45, 7) is 27.9.